The number of anilines is 1. The summed E-state index contributed by atoms with van der Waals surface area (Å²) in [5.41, 5.74) is 2.11. The summed E-state index contributed by atoms with van der Waals surface area (Å²) in [5.74, 6) is -0.263. The van der Waals surface area contributed by atoms with Crippen molar-refractivity contribution in [3.05, 3.63) is 29.3 Å². The molecule has 0 aromatic heterocycles. The monoisotopic (exact) mass is 235 g/mol. The molecule has 2 N–H and O–H groups in total. The molecule has 17 heavy (non-hydrogen) atoms. The lowest BCUT2D eigenvalue weighted by molar-refractivity contribution is 0.0696. The molecule has 3 nitrogen and oxygen atoms in total. The van der Waals surface area contributed by atoms with Crippen molar-refractivity contribution >= 4 is 11.7 Å². The third-order valence-electron chi connectivity index (χ3n) is 2.99. The molecule has 0 aliphatic heterocycles. The summed E-state index contributed by atoms with van der Waals surface area (Å²) in [4.78, 5) is 11.0. The zero-order valence-corrected chi connectivity index (χ0v) is 10.8. The number of aromatic carboxylic acids is 1. The Balaban J connectivity index is 2.72. The number of rotatable bonds is 6. The van der Waals surface area contributed by atoms with Crippen molar-refractivity contribution in [3.8, 4) is 0 Å². The van der Waals surface area contributed by atoms with Crippen LogP contribution in [-0.2, 0) is 0 Å². The normalized spacial score (nSPS) is 12.2. The topological polar surface area (TPSA) is 49.3 Å². The Bertz CT molecular complexity index is 388. The fourth-order valence-corrected chi connectivity index (χ4v) is 1.94. The van der Waals surface area contributed by atoms with Gasteiger partial charge in [-0.05, 0) is 37.0 Å². The minimum Gasteiger partial charge on any atom is -0.478 e. The molecule has 0 aliphatic rings. The van der Waals surface area contributed by atoms with Gasteiger partial charge in [0.2, 0.25) is 0 Å². The SMILES string of the molecule is CCCC(C)CNc1cccc(C(=O)O)c1C. The predicted molar refractivity (Wildman–Crippen MR) is 70.7 cm³/mol. The summed E-state index contributed by atoms with van der Waals surface area (Å²) in [7, 11) is 0. The van der Waals surface area contributed by atoms with E-state index in [9.17, 15) is 4.79 Å². The molecule has 0 aliphatic carbocycles. The third kappa shape index (κ3) is 3.77. The number of hydrogen-bond donors (Lipinski definition) is 2. The van der Waals surface area contributed by atoms with Crippen molar-refractivity contribution < 1.29 is 9.90 Å². The standard InChI is InChI=1S/C14H21NO2/c1-4-6-10(2)9-15-13-8-5-7-12(11(13)3)14(16)17/h5,7-8,10,15H,4,6,9H2,1-3H3,(H,16,17). The van der Waals surface area contributed by atoms with Crippen LogP contribution in [0.25, 0.3) is 0 Å². The summed E-state index contributed by atoms with van der Waals surface area (Å²) in [6, 6.07) is 5.35. The molecular weight excluding hydrogens is 214 g/mol. The Morgan fingerprint density at radius 1 is 1.47 bits per heavy atom. The highest BCUT2D eigenvalue weighted by Gasteiger charge is 2.10. The maximum absolute atomic E-state index is 11.0. The van der Waals surface area contributed by atoms with Crippen LogP contribution in [0.5, 0.6) is 0 Å². The van der Waals surface area contributed by atoms with Gasteiger partial charge in [-0.15, -0.1) is 0 Å². The van der Waals surface area contributed by atoms with Crippen LogP contribution >= 0.6 is 0 Å². The van der Waals surface area contributed by atoms with E-state index in [1.807, 2.05) is 13.0 Å². The third-order valence-corrected chi connectivity index (χ3v) is 2.99. The van der Waals surface area contributed by atoms with E-state index in [0.29, 0.717) is 11.5 Å². The molecule has 0 fully saturated rings. The van der Waals surface area contributed by atoms with Gasteiger partial charge in [-0.1, -0.05) is 26.3 Å². The average Bonchev–Trinajstić information content (AvgIpc) is 2.27. The lowest BCUT2D eigenvalue weighted by atomic mass is 10.0. The minimum atomic E-state index is -0.868. The second-order valence-electron chi connectivity index (χ2n) is 4.56. The lowest BCUT2D eigenvalue weighted by Gasteiger charge is -2.15. The Hall–Kier alpha value is -1.51. The van der Waals surface area contributed by atoms with Crippen LogP contribution in [0.2, 0.25) is 0 Å². The van der Waals surface area contributed by atoms with E-state index in [2.05, 4.69) is 19.2 Å². The maximum Gasteiger partial charge on any atom is 0.336 e. The molecule has 94 valence electrons. The van der Waals surface area contributed by atoms with Crippen LogP contribution in [0, 0.1) is 12.8 Å². The molecule has 3 heteroatoms. The first-order chi connectivity index (χ1) is 8.06. The molecule has 0 bridgehead atoms. The van der Waals surface area contributed by atoms with Crippen LogP contribution in [-0.4, -0.2) is 17.6 Å². The second-order valence-corrected chi connectivity index (χ2v) is 4.56. The average molecular weight is 235 g/mol. The van der Waals surface area contributed by atoms with E-state index >= 15 is 0 Å². The molecule has 0 spiro atoms. The first kappa shape index (κ1) is 13.6. The van der Waals surface area contributed by atoms with Crippen molar-refractivity contribution in [2.24, 2.45) is 5.92 Å². The number of nitrogens with one attached hydrogen (secondary N) is 1. The van der Waals surface area contributed by atoms with E-state index in [1.54, 1.807) is 12.1 Å². The largest absolute Gasteiger partial charge is 0.478 e. The van der Waals surface area contributed by atoms with E-state index in [0.717, 1.165) is 17.8 Å². The number of hydrogen-bond acceptors (Lipinski definition) is 2. The molecule has 1 aromatic carbocycles. The first-order valence-corrected chi connectivity index (χ1v) is 6.13. The van der Waals surface area contributed by atoms with Gasteiger partial charge in [0.05, 0.1) is 5.56 Å². The Labute approximate surface area is 103 Å². The van der Waals surface area contributed by atoms with Gasteiger partial charge < -0.3 is 10.4 Å². The molecule has 1 atom stereocenters. The van der Waals surface area contributed by atoms with Gasteiger partial charge in [0, 0.05) is 12.2 Å². The van der Waals surface area contributed by atoms with Gasteiger partial charge in [-0.25, -0.2) is 4.79 Å². The smallest absolute Gasteiger partial charge is 0.336 e. The van der Waals surface area contributed by atoms with Crippen LogP contribution in [0.3, 0.4) is 0 Å². The Morgan fingerprint density at radius 2 is 2.18 bits per heavy atom. The van der Waals surface area contributed by atoms with Crippen molar-refractivity contribution in [3.63, 3.8) is 0 Å². The van der Waals surface area contributed by atoms with Crippen LogP contribution in [0.4, 0.5) is 5.69 Å². The quantitative estimate of drug-likeness (QED) is 0.792. The van der Waals surface area contributed by atoms with Crippen LogP contribution in [0.1, 0.15) is 42.6 Å². The molecule has 0 heterocycles. The van der Waals surface area contributed by atoms with Gasteiger partial charge in [0.15, 0.2) is 0 Å². The number of benzene rings is 1. The summed E-state index contributed by atoms with van der Waals surface area (Å²) in [6.07, 6.45) is 2.36. The van der Waals surface area contributed by atoms with E-state index < -0.39 is 5.97 Å². The Kier molecular flexibility index (Phi) is 5.01. The molecule has 0 saturated carbocycles. The van der Waals surface area contributed by atoms with Crippen molar-refractivity contribution in [1.82, 2.24) is 0 Å². The summed E-state index contributed by atoms with van der Waals surface area (Å²) in [5, 5.41) is 12.4. The first-order valence-electron chi connectivity index (χ1n) is 6.13. The van der Waals surface area contributed by atoms with E-state index in [1.165, 1.54) is 12.8 Å². The number of carbonyl (C=O) groups is 1. The van der Waals surface area contributed by atoms with Gasteiger partial charge in [0.1, 0.15) is 0 Å². The zero-order chi connectivity index (χ0) is 12.8. The predicted octanol–water partition coefficient (Wildman–Crippen LogP) is 3.54. The molecular formula is C14H21NO2. The molecule has 1 rings (SSSR count). The van der Waals surface area contributed by atoms with Crippen LogP contribution < -0.4 is 5.32 Å². The number of carboxylic acid groups (broad SMARTS) is 1. The van der Waals surface area contributed by atoms with Crippen LogP contribution in [0.15, 0.2) is 18.2 Å². The minimum absolute atomic E-state index is 0.373. The highest BCUT2D eigenvalue weighted by Crippen LogP contribution is 2.19. The molecule has 1 unspecified atom stereocenters. The highest BCUT2D eigenvalue weighted by atomic mass is 16.4. The fraction of sp³-hybridized carbons (Fsp3) is 0.500. The fourth-order valence-electron chi connectivity index (χ4n) is 1.94. The second kappa shape index (κ2) is 6.28. The van der Waals surface area contributed by atoms with Crippen molar-refractivity contribution in [2.75, 3.05) is 11.9 Å². The number of carboxylic acids is 1. The van der Waals surface area contributed by atoms with Gasteiger partial charge in [-0.3, -0.25) is 0 Å². The zero-order valence-electron chi connectivity index (χ0n) is 10.8. The molecule has 0 radical (unpaired) electrons. The molecule has 1 aromatic rings. The van der Waals surface area contributed by atoms with Gasteiger partial charge in [0.25, 0.3) is 0 Å². The van der Waals surface area contributed by atoms with Crippen molar-refractivity contribution in [1.29, 1.82) is 0 Å². The molecule has 0 amide bonds. The molecule has 0 saturated heterocycles. The van der Waals surface area contributed by atoms with Gasteiger partial charge >= 0.3 is 5.97 Å². The summed E-state index contributed by atoms with van der Waals surface area (Å²) >= 11 is 0. The summed E-state index contributed by atoms with van der Waals surface area (Å²) in [6.45, 7) is 7.10. The maximum atomic E-state index is 11.0. The van der Waals surface area contributed by atoms with E-state index in [4.69, 9.17) is 5.11 Å². The highest BCUT2D eigenvalue weighted by molar-refractivity contribution is 5.91. The van der Waals surface area contributed by atoms with Crippen molar-refractivity contribution in [2.45, 2.75) is 33.6 Å². The van der Waals surface area contributed by atoms with Gasteiger partial charge in [-0.2, -0.15) is 0 Å². The lowest BCUT2D eigenvalue weighted by Crippen LogP contribution is -2.13. The Morgan fingerprint density at radius 3 is 2.76 bits per heavy atom. The summed E-state index contributed by atoms with van der Waals surface area (Å²) < 4.78 is 0. The van der Waals surface area contributed by atoms with E-state index in [-0.39, 0.29) is 0 Å².